The minimum atomic E-state index is 0.237. The lowest BCUT2D eigenvalue weighted by Crippen LogP contribution is -2.39. The highest BCUT2D eigenvalue weighted by Gasteiger charge is 2.30. The molecule has 94 valence electrons. The molecule has 4 nitrogen and oxygen atoms in total. The third-order valence-corrected chi connectivity index (χ3v) is 2.77. The third kappa shape index (κ3) is 4.94. The lowest BCUT2D eigenvalue weighted by molar-refractivity contribution is -0.130. The molecule has 0 aromatic heterocycles. The van der Waals surface area contributed by atoms with Crippen molar-refractivity contribution in [2.45, 2.75) is 39.2 Å². The quantitative estimate of drug-likeness (QED) is 0.599. The van der Waals surface area contributed by atoms with Crippen molar-refractivity contribution in [3.05, 3.63) is 0 Å². The summed E-state index contributed by atoms with van der Waals surface area (Å²) in [6.07, 6.45) is 3.34. The molecule has 0 saturated heterocycles. The number of nitrogens with zero attached hydrogens (tertiary/aromatic N) is 1. The second-order valence-corrected chi connectivity index (χ2v) is 4.14. The van der Waals surface area contributed by atoms with E-state index < -0.39 is 0 Å². The summed E-state index contributed by atoms with van der Waals surface area (Å²) in [5.41, 5.74) is 0. The number of hydrogen-bond acceptors (Lipinski definition) is 3. The Morgan fingerprint density at radius 1 is 1.44 bits per heavy atom. The molecule has 1 aliphatic carbocycles. The molecule has 0 spiro atoms. The van der Waals surface area contributed by atoms with Gasteiger partial charge >= 0.3 is 0 Å². The molecule has 0 atom stereocenters. The van der Waals surface area contributed by atoms with Gasteiger partial charge in [0.15, 0.2) is 0 Å². The Balaban J connectivity index is 2.00. The number of amides is 1. The number of carbonyl (C=O) groups is 1. The molecule has 16 heavy (non-hydrogen) atoms. The van der Waals surface area contributed by atoms with Crippen molar-refractivity contribution in [3.8, 4) is 0 Å². The second-order valence-electron chi connectivity index (χ2n) is 4.14. The summed E-state index contributed by atoms with van der Waals surface area (Å²) in [5, 5.41) is 3.17. The summed E-state index contributed by atoms with van der Waals surface area (Å²) >= 11 is 0. The zero-order chi connectivity index (χ0) is 11.8. The van der Waals surface area contributed by atoms with Gasteiger partial charge in [-0.2, -0.15) is 0 Å². The topological polar surface area (TPSA) is 41.6 Å². The average Bonchev–Trinajstić information content (AvgIpc) is 3.08. The summed E-state index contributed by atoms with van der Waals surface area (Å²) in [6, 6.07) is 0.530. The number of ether oxygens (including phenoxy) is 1. The minimum absolute atomic E-state index is 0.237. The van der Waals surface area contributed by atoms with Crippen LogP contribution >= 0.6 is 0 Å². The van der Waals surface area contributed by atoms with Crippen LogP contribution in [0.2, 0.25) is 0 Å². The molecule has 1 aliphatic rings. The Kier molecular flexibility index (Phi) is 6.42. The first-order chi connectivity index (χ1) is 7.79. The van der Waals surface area contributed by atoms with Crippen LogP contribution in [-0.2, 0) is 9.53 Å². The smallest absolute Gasteiger partial charge is 0.236 e. The molecule has 1 N–H and O–H groups in total. The molecule has 1 saturated carbocycles. The van der Waals surface area contributed by atoms with Crippen LogP contribution in [-0.4, -0.2) is 49.7 Å². The lowest BCUT2D eigenvalue weighted by Gasteiger charge is -2.20. The van der Waals surface area contributed by atoms with Crippen molar-refractivity contribution in [1.29, 1.82) is 0 Å². The molecule has 0 bridgehead atoms. The van der Waals surface area contributed by atoms with Crippen LogP contribution in [0.5, 0.6) is 0 Å². The van der Waals surface area contributed by atoms with Gasteiger partial charge in [-0.3, -0.25) is 4.79 Å². The predicted molar refractivity (Wildman–Crippen MR) is 64.4 cm³/mol. The van der Waals surface area contributed by atoms with E-state index in [9.17, 15) is 4.79 Å². The lowest BCUT2D eigenvalue weighted by atomic mass is 10.4. The van der Waals surface area contributed by atoms with E-state index in [0.717, 1.165) is 32.7 Å². The average molecular weight is 228 g/mol. The fourth-order valence-electron chi connectivity index (χ4n) is 1.76. The van der Waals surface area contributed by atoms with Crippen LogP contribution in [0.4, 0.5) is 0 Å². The number of rotatable bonds is 9. The molecule has 0 aromatic carbocycles. The Labute approximate surface area is 98.3 Å². The highest BCUT2D eigenvalue weighted by atomic mass is 16.5. The Morgan fingerprint density at radius 2 is 2.19 bits per heavy atom. The van der Waals surface area contributed by atoms with Gasteiger partial charge in [-0.15, -0.1) is 0 Å². The normalized spacial score (nSPS) is 15.1. The van der Waals surface area contributed by atoms with E-state index in [1.165, 1.54) is 12.8 Å². The number of nitrogens with one attached hydrogen (secondary N) is 1. The van der Waals surface area contributed by atoms with Crippen LogP contribution < -0.4 is 5.32 Å². The molecular formula is C12H24N2O2. The summed E-state index contributed by atoms with van der Waals surface area (Å²) in [7, 11) is 0. The maximum Gasteiger partial charge on any atom is 0.236 e. The number of hydrogen-bond donors (Lipinski definition) is 1. The van der Waals surface area contributed by atoms with Gasteiger partial charge in [-0.05, 0) is 39.7 Å². The van der Waals surface area contributed by atoms with Gasteiger partial charge in [0, 0.05) is 25.8 Å². The van der Waals surface area contributed by atoms with Gasteiger partial charge in [0.2, 0.25) is 5.91 Å². The summed E-state index contributed by atoms with van der Waals surface area (Å²) in [6.45, 7) is 7.74. The van der Waals surface area contributed by atoms with Crippen LogP contribution in [0.25, 0.3) is 0 Å². The molecule has 1 amide bonds. The van der Waals surface area contributed by atoms with Gasteiger partial charge in [0.1, 0.15) is 0 Å². The summed E-state index contributed by atoms with van der Waals surface area (Å²) < 4.78 is 5.22. The molecule has 0 aliphatic heterocycles. The molecule has 0 unspecified atom stereocenters. The van der Waals surface area contributed by atoms with Crippen LogP contribution in [0, 0.1) is 0 Å². The van der Waals surface area contributed by atoms with Gasteiger partial charge in [-0.25, -0.2) is 0 Å². The molecule has 0 radical (unpaired) electrons. The zero-order valence-corrected chi connectivity index (χ0v) is 10.5. The zero-order valence-electron chi connectivity index (χ0n) is 10.5. The van der Waals surface area contributed by atoms with Gasteiger partial charge < -0.3 is 15.0 Å². The van der Waals surface area contributed by atoms with E-state index in [0.29, 0.717) is 12.6 Å². The molecular weight excluding hydrogens is 204 g/mol. The minimum Gasteiger partial charge on any atom is -0.382 e. The fraction of sp³-hybridized carbons (Fsp3) is 0.917. The number of likely N-dealkylation sites (N-methyl/N-ethyl adjacent to an activating group) is 1. The van der Waals surface area contributed by atoms with Gasteiger partial charge in [0.25, 0.3) is 0 Å². The van der Waals surface area contributed by atoms with E-state index >= 15 is 0 Å². The van der Waals surface area contributed by atoms with Crippen LogP contribution in [0.15, 0.2) is 0 Å². The van der Waals surface area contributed by atoms with Gasteiger partial charge in [0.05, 0.1) is 6.54 Å². The Morgan fingerprint density at radius 3 is 2.75 bits per heavy atom. The standard InChI is InChI=1S/C12H24N2O2/c1-3-14(11-6-7-11)12(15)10-13-8-5-9-16-4-2/h11,13H,3-10H2,1-2H3. The highest BCUT2D eigenvalue weighted by molar-refractivity contribution is 5.78. The molecule has 1 fully saturated rings. The van der Waals surface area contributed by atoms with Crippen molar-refractivity contribution in [2.24, 2.45) is 0 Å². The van der Waals surface area contributed by atoms with E-state index in [1.807, 2.05) is 18.7 Å². The maximum absolute atomic E-state index is 11.8. The van der Waals surface area contributed by atoms with E-state index in [-0.39, 0.29) is 5.91 Å². The monoisotopic (exact) mass is 228 g/mol. The largest absolute Gasteiger partial charge is 0.382 e. The van der Waals surface area contributed by atoms with E-state index in [2.05, 4.69) is 5.32 Å². The van der Waals surface area contributed by atoms with Crippen molar-refractivity contribution in [3.63, 3.8) is 0 Å². The van der Waals surface area contributed by atoms with Crippen LogP contribution in [0.1, 0.15) is 33.1 Å². The molecule has 0 aromatic rings. The predicted octanol–water partition coefficient (Wildman–Crippen LogP) is 1.01. The third-order valence-electron chi connectivity index (χ3n) is 2.77. The maximum atomic E-state index is 11.8. The van der Waals surface area contributed by atoms with Crippen molar-refractivity contribution in [1.82, 2.24) is 10.2 Å². The van der Waals surface area contributed by atoms with Gasteiger partial charge in [-0.1, -0.05) is 0 Å². The van der Waals surface area contributed by atoms with E-state index in [4.69, 9.17) is 4.74 Å². The van der Waals surface area contributed by atoms with E-state index in [1.54, 1.807) is 0 Å². The molecule has 0 heterocycles. The highest BCUT2D eigenvalue weighted by Crippen LogP contribution is 2.26. The SMILES string of the molecule is CCOCCCNCC(=O)N(CC)C1CC1. The first-order valence-corrected chi connectivity index (χ1v) is 6.37. The van der Waals surface area contributed by atoms with Crippen LogP contribution in [0.3, 0.4) is 0 Å². The molecule has 1 rings (SSSR count). The summed E-state index contributed by atoms with van der Waals surface area (Å²) in [5.74, 6) is 0.237. The Bertz CT molecular complexity index is 205. The van der Waals surface area contributed by atoms with Crippen molar-refractivity contribution >= 4 is 5.91 Å². The first kappa shape index (κ1) is 13.5. The second kappa shape index (κ2) is 7.63. The van der Waals surface area contributed by atoms with Crippen molar-refractivity contribution < 1.29 is 9.53 Å². The number of carbonyl (C=O) groups excluding carboxylic acids is 1. The fourth-order valence-corrected chi connectivity index (χ4v) is 1.76. The summed E-state index contributed by atoms with van der Waals surface area (Å²) in [4.78, 5) is 13.8. The molecule has 4 heteroatoms. The first-order valence-electron chi connectivity index (χ1n) is 6.37. The Hall–Kier alpha value is -0.610. The van der Waals surface area contributed by atoms with Crippen molar-refractivity contribution in [2.75, 3.05) is 32.8 Å².